The fraction of sp³-hybridized carbons (Fsp3) is 0. The quantitative estimate of drug-likeness (QED) is 0.272. The van der Waals surface area contributed by atoms with E-state index in [0.717, 1.165) is 0 Å². The van der Waals surface area contributed by atoms with Crippen LogP contribution in [0, 0.1) is 0 Å². The van der Waals surface area contributed by atoms with Gasteiger partial charge in [0.15, 0.2) is 0 Å². The minimum absolute atomic E-state index is 0. The third-order valence-electron chi connectivity index (χ3n) is 0. The molecule has 0 spiro atoms. The molecule has 12 nitrogen and oxygen atoms in total. The summed E-state index contributed by atoms with van der Waals surface area (Å²) >= 11 is 0. The summed E-state index contributed by atoms with van der Waals surface area (Å²) in [5.41, 5.74) is 0. The molecule has 20 heavy (non-hydrogen) atoms. The van der Waals surface area contributed by atoms with Crippen molar-refractivity contribution < 1.29 is 60.3 Å². The smallest absolute Gasteiger partial charge is 0.907 e. The zero-order valence-electron chi connectivity index (χ0n) is 9.52. The third-order valence-corrected chi connectivity index (χ3v) is 0. The van der Waals surface area contributed by atoms with Crippen LogP contribution in [-0.2, 0) is 0 Å². The van der Waals surface area contributed by atoms with Crippen LogP contribution in [0.15, 0.2) is 0 Å². The summed E-state index contributed by atoms with van der Waals surface area (Å²) in [6.45, 7) is 0. The molecule has 0 N–H and O–H groups in total. The van der Waals surface area contributed by atoms with E-state index >= 15 is 0 Å². The Balaban J connectivity index is -0.0000000150. The second-order valence-corrected chi connectivity index (χ2v) is 1.15. The van der Waals surface area contributed by atoms with Crippen molar-refractivity contribution in [3.63, 3.8) is 0 Å². The number of hydrogen-bond donors (Lipinski definition) is 0. The zero-order valence-corrected chi connectivity index (χ0v) is 19.2. The van der Waals surface area contributed by atoms with Gasteiger partial charge in [0.25, 0.3) is 0 Å². The van der Waals surface area contributed by atoms with E-state index < -0.39 is 29.3 Å². The Labute approximate surface area is 167 Å². The van der Waals surface area contributed by atoms with Gasteiger partial charge in [0.1, 0.15) is 0 Å². The Bertz CT molecular complexity index is 70.4. The third kappa shape index (κ3) is 1400. The van der Waals surface area contributed by atoms with Crippen LogP contribution in [0.4, 0.5) is 0 Å². The van der Waals surface area contributed by atoms with Crippen LogP contribution in [0.5, 0.6) is 0 Å². The average Bonchev–Trinajstić information content (AvgIpc) is 1.76. The molecule has 0 radical (unpaired) electrons. The minimum atomic E-state index is -2.92. The molecule has 0 atom stereocenters. The molecule has 0 aliphatic heterocycles. The summed E-state index contributed by atoms with van der Waals surface area (Å²) < 4.78 is 0. The average molecular weight is 514 g/mol. The standard InChI is InChI=1S/4BO3.4Ga/c4*2-1(3)4;;;;/q4*-3;4*+3. The Morgan fingerprint density at radius 1 is 0.250 bits per heavy atom. The fourth-order valence-corrected chi connectivity index (χ4v) is 0. The number of hydrogen-bond acceptors (Lipinski definition) is 12. The molecule has 0 aromatic carbocycles. The molecule has 0 amide bonds. The van der Waals surface area contributed by atoms with Crippen molar-refractivity contribution in [2.24, 2.45) is 0 Å². The first-order chi connectivity index (χ1) is 6.93. The van der Waals surface area contributed by atoms with Gasteiger partial charge in [0, 0.05) is 0 Å². The van der Waals surface area contributed by atoms with Crippen LogP contribution < -0.4 is 60.3 Å². The van der Waals surface area contributed by atoms with Gasteiger partial charge in [-0.25, -0.2) is 0 Å². The molecule has 96 valence electrons. The van der Waals surface area contributed by atoms with E-state index in [2.05, 4.69) is 0 Å². The van der Waals surface area contributed by atoms with Gasteiger partial charge < -0.3 is 60.3 Å². The van der Waals surface area contributed by atoms with E-state index in [0.29, 0.717) is 0 Å². The molecular weight excluding hydrogens is 514 g/mol. The maximum Gasteiger partial charge on any atom is 3.00 e. The van der Waals surface area contributed by atoms with Crippen LogP contribution in [0.25, 0.3) is 0 Å². The van der Waals surface area contributed by atoms with Crippen molar-refractivity contribution in [2.75, 3.05) is 0 Å². The molecule has 0 rings (SSSR count). The van der Waals surface area contributed by atoms with Crippen LogP contribution >= 0.6 is 0 Å². The molecule has 0 saturated carbocycles. The largest absolute Gasteiger partial charge is 3.00 e. The maximum atomic E-state index is 8.42. The molecule has 0 fully saturated rings. The molecule has 0 aliphatic carbocycles. The van der Waals surface area contributed by atoms with Gasteiger partial charge >= 0.3 is 79.2 Å². The molecule has 20 heteroatoms. The monoisotopic (exact) mass is 512 g/mol. The molecule has 0 saturated heterocycles. The predicted molar refractivity (Wildman–Crippen MR) is 46.0 cm³/mol. The molecular formula is B4Ga4O12. The second kappa shape index (κ2) is 42.9. The first-order valence-electron chi connectivity index (χ1n) is 2.83. The maximum absolute atomic E-state index is 8.42. The first-order valence-corrected chi connectivity index (χ1v) is 2.83. The van der Waals surface area contributed by atoms with Crippen LogP contribution in [0.1, 0.15) is 0 Å². The van der Waals surface area contributed by atoms with Crippen molar-refractivity contribution >= 4 is 108 Å². The van der Waals surface area contributed by atoms with Gasteiger partial charge in [-0.2, -0.15) is 0 Å². The van der Waals surface area contributed by atoms with E-state index in [1.54, 1.807) is 0 Å². The Morgan fingerprint density at radius 2 is 0.250 bits per heavy atom. The second-order valence-electron chi connectivity index (χ2n) is 1.15. The van der Waals surface area contributed by atoms with Gasteiger partial charge in [0.05, 0.1) is 0 Å². The van der Waals surface area contributed by atoms with Crippen molar-refractivity contribution in [2.45, 2.75) is 0 Å². The van der Waals surface area contributed by atoms with E-state index in [1.165, 1.54) is 0 Å². The van der Waals surface area contributed by atoms with Gasteiger partial charge in [-0.3, -0.25) is 29.3 Å². The Hall–Kier alpha value is 2.33. The molecule has 0 heterocycles. The van der Waals surface area contributed by atoms with Gasteiger partial charge in [-0.15, -0.1) is 0 Å². The van der Waals surface area contributed by atoms with E-state index in [1.807, 2.05) is 0 Å². The molecule has 0 bridgehead atoms. The van der Waals surface area contributed by atoms with Crippen molar-refractivity contribution in [1.29, 1.82) is 0 Å². The van der Waals surface area contributed by atoms with Gasteiger partial charge in [0.2, 0.25) is 0 Å². The van der Waals surface area contributed by atoms with Crippen molar-refractivity contribution in [3.8, 4) is 0 Å². The molecule has 0 aliphatic rings. The summed E-state index contributed by atoms with van der Waals surface area (Å²) in [6.07, 6.45) is 0. The summed E-state index contributed by atoms with van der Waals surface area (Å²) in [6, 6.07) is 0. The first kappa shape index (κ1) is 49.5. The normalized spacial score (nSPS) is 5.40. The van der Waals surface area contributed by atoms with Crippen LogP contribution in [0.3, 0.4) is 0 Å². The minimum Gasteiger partial charge on any atom is -0.907 e. The van der Waals surface area contributed by atoms with Crippen molar-refractivity contribution in [1.82, 2.24) is 0 Å². The van der Waals surface area contributed by atoms with Crippen LogP contribution in [-0.4, -0.2) is 108 Å². The fourth-order valence-electron chi connectivity index (χ4n) is 0. The van der Waals surface area contributed by atoms with Crippen molar-refractivity contribution in [3.05, 3.63) is 0 Å². The summed E-state index contributed by atoms with van der Waals surface area (Å²) in [4.78, 5) is 0. The summed E-state index contributed by atoms with van der Waals surface area (Å²) in [7, 11) is -11.7. The van der Waals surface area contributed by atoms with E-state index in [4.69, 9.17) is 60.3 Å². The summed E-state index contributed by atoms with van der Waals surface area (Å²) in [5, 5.41) is 101. The SMILES string of the molecule is [Ga+3].[Ga+3].[Ga+3].[Ga+3].[O-]B([O-])[O-].[O-]B([O-])[O-].[O-]B([O-])[O-].[O-]B([O-])[O-]. The Morgan fingerprint density at radius 3 is 0.250 bits per heavy atom. The molecule has 0 aromatic rings. The predicted octanol–water partition coefficient (Wildman–Crippen LogP) is -17.3. The molecule has 0 aromatic heterocycles. The molecule has 0 unspecified atom stereocenters. The topological polar surface area (TPSA) is 277 Å². The van der Waals surface area contributed by atoms with Gasteiger partial charge in [-0.1, -0.05) is 0 Å². The van der Waals surface area contributed by atoms with E-state index in [9.17, 15) is 0 Å². The Kier molecular flexibility index (Phi) is 106. The van der Waals surface area contributed by atoms with Gasteiger partial charge in [-0.05, 0) is 0 Å². The zero-order chi connectivity index (χ0) is 14.3. The summed E-state index contributed by atoms with van der Waals surface area (Å²) in [5.74, 6) is 0. The van der Waals surface area contributed by atoms with Crippen LogP contribution in [0.2, 0.25) is 0 Å². The van der Waals surface area contributed by atoms with E-state index in [-0.39, 0.29) is 79.2 Å². The number of rotatable bonds is 0.